The molecule has 1 fully saturated rings. The van der Waals surface area contributed by atoms with Crippen molar-refractivity contribution in [1.29, 1.82) is 0 Å². The fourth-order valence-corrected chi connectivity index (χ4v) is 2.54. The van der Waals surface area contributed by atoms with Crippen molar-refractivity contribution in [3.05, 3.63) is 29.6 Å². The molecule has 4 nitrogen and oxygen atoms in total. The second-order valence-electron chi connectivity index (χ2n) is 5.14. The third-order valence-electron chi connectivity index (χ3n) is 3.94. The van der Waals surface area contributed by atoms with Crippen molar-refractivity contribution in [2.75, 3.05) is 33.8 Å². The van der Waals surface area contributed by atoms with Crippen molar-refractivity contribution >= 4 is 5.91 Å². The van der Waals surface area contributed by atoms with E-state index in [1.807, 2.05) is 0 Å². The lowest BCUT2D eigenvalue weighted by atomic mass is 10.1. The Hall–Kier alpha value is -1.62. The van der Waals surface area contributed by atoms with Crippen molar-refractivity contribution in [2.24, 2.45) is 0 Å². The largest absolute Gasteiger partial charge is 0.497 e. The van der Waals surface area contributed by atoms with Gasteiger partial charge in [0.15, 0.2) is 0 Å². The molecule has 0 saturated carbocycles. The minimum absolute atomic E-state index is 0.116. The van der Waals surface area contributed by atoms with Gasteiger partial charge in [-0.25, -0.2) is 4.39 Å². The Labute approximate surface area is 119 Å². The van der Waals surface area contributed by atoms with E-state index in [9.17, 15) is 9.18 Å². The highest BCUT2D eigenvalue weighted by atomic mass is 19.1. The highest BCUT2D eigenvalue weighted by Gasteiger charge is 2.28. The van der Waals surface area contributed by atoms with Gasteiger partial charge in [0, 0.05) is 31.7 Å². The van der Waals surface area contributed by atoms with Crippen LogP contribution in [0.4, 0.5) is 4.39 Å². The zero-order chi connectivity index (χ0) is 14.7. The van der Waals surface area contributed by atoms with Crippen LogP contribution >= 0.6 is 0 Å². The number of amides is 1. The maximum absolute atomic E-state index is 14.0. The standard InChI is InChI=1S/C15H21FN2O2/c1-4-11-10-18(8-7-17(11)2)15(19)13-6-5-12(20-3)9-14(13)16/h5-6,9,11H,4,7-8,10H2,1-3H3. The summed E-state index contributed by atoms with van der Waals surface area (Å²) in [5.74, 6) is -0.345. The summed E-state index contributed by atoms with van der Waals surface area (Å²) in [7, 11) is 3.53. The Balaban J connectivity index is 2.15. The lowest BCUT2D eigenvalue weighted by Gasteiger charge is -2.39. The van der Waals surface area contributed by atoms with E-state index >= 15 is 0 Å². The molecule has 1 amide bonds. The van der Waals surface area contributed by atoms with Gasteiger partial charge in [0.2, 0.25) is 0 Å². The van der Waals surface area contributed by atoms with E-state index in [4.69, 9.17) is 4.74 Å². The summed E-state index contributed by atoms with van der Waals surface area (Å²) in [4.78, 5) is 16.4. The van der Waals surface area contributed by atoms with Gasteiger partial charge in [0.25, 0.3) is 5.91 Å². The quantitative estimate of drug-likeness (QED) is 0.849. The van der Waals surface area contributed by atoms with Gasteiger partial charge < -0.3 is 9.64 Å². The van der Waals surface area contributed by atoms with Crippen LogP contribution in [0.2, 0.25) is 0 Å². The van der Waals surface area contributed by atoms with Crippen molar-refractivity contribution in [2.45, 2.75) is 19.4 Å². The molecule has 20 heavy (non-hydrogen) atoms. The highest BCUT2D eigenvalue weighted by molar-refractivity contribution is 5.94. The van der Waals surface area contributed by atoms with Crippen molar-refractivity contribution in [3.8, 4) is 5.75 Å². The topological polar surface area (TPSA) is 32.8 Å². The first-order valence-electron chi connectivity index (χ1n) is 6.89. The van der Waals surface area contributed by atoms with E-state index in [0.29, 0.717) is 24.9 Å². The number of hydrogen-bond acceptors (Lipinski definition) is 3. The number of ether oxygens (including phenoxy) is 1. The number of rotatable bonds is 3. The van der Waals surface area contributed by atoms with Crippen molar-refractivity contribution in [3.63, 3.8) is 0 Å². The number of nitrogens with zero attached hydrogens (tertiary/aromatic N) is 2. The third-order valence-corrected chi connectivity index (χ3v) is 3.94. The lowest BCUT2D eigenvalue weighted by Crippen LogP contribution is -2.53. The van der Waals surface area contributed by atoms with Crippen LogP contribution in [0.15, 0.2) is 18.2 Å². The van der Waals surface area contributed by atoms with E-state index in [-0.39, 0.29) is 11.5 Å². The third kappa shape index (κ3) is 2.93. The number of halogens is 1. The summed E-state index contributed by atoms with van der Waals surface area (Å²) in [5.41, 5.74) is 0.116. The van der Waals surface area contributed by atoms with E-state index in [0.717, 1.165) is 13.0 Å². The van der Waals surface area contributed by atoms with Gasteiger partial charge in [-0.2, -0.15) is 0 Å². The first-order chi connectivity index (χ1) is 9.56. The van der Waals surface area contributed by atoms with Gasteiger partial charge in [-0.15, -0.1) is 0 Å². The van der Waals surface area contributed by atoms with Crippen LogP contribution in [-0.2, 0) is 0 Å². The van der Waals surface area contributed by atoms with Gasteiger partial charge in [0.05, 0.1) is 12.7 Å². The number of methoxy groups -OCH3 is 1. The summed E-state index contributed by atoms with van der Waals surface area (Å²) in [6, 6.07) is 4.70. The Morgan fingerprint density at radius 2 is 2.20 bits per heavy atom. The fraction of sp³-hybridized carbons (Fsp3) is 0.533. The predicted octanol–water partition coefficient (Wildman–Crippen LogP) is 2.00. The minimum Gasteiger partial charge on any atom is -0.497 e. The molecule has 0 radical (unpaired) electrons. The molecule has 1 aliphatic rings. The van der Waals surface area contributed by atoms with Crippen LogP contribution in [0.1, 0.15) is 23.7 Å². The molecule has 2 rings (SSSR count). The van der Waals surface area contributed by atoms with E-state index in [2.05, 4.69) is 18.9 Å². The normalized spacial score (nSPS) is 20.0. The minimum atomic E-state index is -0.527. The van der Waals surface area contributed by atoms with Crippen LogP contribution < -0.4 is 4.74 Å². The molecule has 1 unspecified atom stereocenters. The molecule has 1 atom stereocenters. The zero-order valence-corrected chi connectivity index (χ0v) is 12.2. The molecule has 110 valence electrons. The number of benzene rings is 1. The van der Waals surface area contributed by atoms with Crippen LogP contribution in [0.3, 0.4) is 0 Å². The monoisotopic (exact) mass is 280 g/mol. The first-order valence-corrected chi connectivity index (χ1v) is 6.89. The molecule has 1 saturated heterocycles. The maximum Gasteiger partial charge on any atom is 0.256 e. The number of carbonyl (C=O) groups is 1. The second kappa shape index (κ2) is 6.22. The van der Waals surface area contributed by atoms with Crippen LogP contribution in [0.25, 0.3) is 0 Å². The zero-order valence-electron chi connectivity index (χ0n) is 12.2. The van der Waals surface area contributed by atoms with Crippen LogP contribution in [0.5, 0.6) is 5.75 Å². The summed E-state index contributed by atoms with van der Waals surface area (Å²) >= 11 is 0. The molecule has 0 N–H and O–H groups in total. The second-order valence-corrected chi connectivity index (χ2v) is 5.14. The Morgan fingerprint density at radius 3 is 2.80 bits per heavy atom. The van der Waals surface area contributed by atoms with Gasteiger partial charge in [-0.1, -0.05) is 6.92 Å². The lowest BCUT2D eigenvalue weighted by molar-refractivity contribution is 0.0537. The van der Waals surface area contributed by atoms with Gasteiger partial charge >= 0.3 is 0 Å². The SMILES string of the molecule is CCC1CN(C(=O)c2ccc(OC)cc2F)CCN1C. The van der Waals surface area contributed by atoms with Gasteiger partial charge in [0.1, 0.15) is 11.6 Å². The number of carbonyl (C=O) groups excluding carboxylic acids is 1. The summed E-state index contributed by atoms with van der Waals surface area (Å²) in [5, 5.41) is 0. The molecule has 1 aromatic carbocycles. The Bertz CT molecular complexity index is 493. The van der Waals surface area contributed by atoms with Crippen molar-refractivity contribution in [1.82, 2.24) is 9.80 Å². The Morgan fingerprint density at radius 1 is 1.45 bits per heavy atom. The highest BCUT2D eigenvalue weighted by Crippen LogP contribution is 2.19. The van der Waals surface area contributed by atoms with Crippen LogP contribution in [0, 0.1) is 5.82 Å². The molecule has 0 bridgehead atoms. The van der Waals surface area contributed by atoms with Crippen molar-refractivity contribution < 1.29 is 13.9 Å². The van der Waals surface area contributed by atoms with Gasteiger partial charge in [-0.05, 0) is 25.6 Å². The molecule has 1 aliphatic heterocycles. The summed E-state index contributed by atoms with van der Waals surface area (Å²) < 4.78 is 18.9. The Kier molecular flexibility index (Phi) is 4.60. The molecular weight excluding hydrogens is 259 g/mol. The number of likely N-dealkylation sites (N-methyl/N-ethyl adjacent to an activating group) is 1. The average molecular weight is 280 g/mol. The fourth-order valence-electron chi connectivity index (χ4n) is 2.54. The molecule has 5 heteroatoms. The maximum atomic E-state index is 14.0. The number of hydrogen-bond donors (Lipinski definition) is 0. The molecule has 0 aromatic heterocycles. The van der Waals surface area contributed by atoms with E-state index < -0.39 is 5.82 Å². The summed E-state index contributed by atoms with van der Waals surface area (Å²) in [6.07, 6.45) is 0.978. The summed E-state index contributed by atoms with van der Waals surface area (Å²) in [6.45, 7) is 4.21. The molecule has 1 heterocycles. The van der Waals surface area contributed by atoms with E-state index in [1.54, 1.807) is 11.0 Å². The first kappa shape index (κ1) is 14.8. The molecule has 0 aliphatic carbocycles. The molecular formula is C15H21FN2O2. The molecule has 1 aromatic rings. The van der Waals surface area contributed by atoms with Gasteiger partial charge in [-0.3, -0.25) is 9.69 Å². The average Bonchev–Trinajstić information content (AvgIpc) is 2.47. The number of piperazine rings is 1. The smallest absolute Gasteiger partial charge is 0.256 e. The molecule has 0 spiro atoms. The van der Waals surface area contributed by atoms with Crippen LogP contribution in [-0.4, -0.2) is 55.5 Å². The van der Waals surface area contributed by atoms with E-state index in [1.165, 1.54) is 19.2 Å². The predicted molar refractivity (Wildman–Crippen MR) is 75.6 cm³/mol.